The van der Waals surface area contributed by atoms with Crippen molar-refractivity contribution in [3.8, 4) is 11.4 Å². The number of rotatable bonds is 6. The molecule has 1 fully saturated rings. The second-order valence-electron chi connectivity index (χ2n) is 6.98. The standard InChI is InChI=1S/C17H21N5O4S.C2H4O2/c1-2-5-16(23)19-14-9-27(25,26)10-15(14)20-17(24)13-8-12(21-22-13)11-6-3-4-7-18-11;1-2(3)4/h3-4,6-8,14-15H,2,5,9-10H2,1H3,(H,19,23)(H,20,24)(H,21,22);1H3,(H,3,4)/t14-,15-;/m1./s1. The molecule has 3 rings (SSSR count). The molecule has 2 aromatic rings. The van der Waals surface area contributed by atoms with Crippen molar-refractivity contribution in [2.75, 3.05) is 11.5 Å². The van der Waals surface area contributed by atoms with Crippen molar-refractivity contribution in [3.63, 3.8) is 0 Å². The smallest absolute Gasteiger partial charge is 0.300 e. The fraction of sp³-hybridized carbons (Fsp3) is 0.421. The third kappa shape index (κ3) is 7.48. The molecule has 0 bridgehead atoms. The number of hydrogen-bond donors (Lipinski definition) is 4. The summed E-state index contributed by atoms with van der Waals surface area (Å²) >= 11 is 0. The number of amides is 2. The van der Waals surface area contributed by atoms with Gasteiger partial charge in [0.1, 0.15) is 11.4 Å². The Balaban J connectivity index is 0.000000785. The summed E-state index contributed by atoms with van der Waals surface area (Å²) in [5, 5.41) is 19.5. The molecule has 12 heteroatoms. The van der Waals surface area contributed by atoms with Crippen molar-refractivity contribution in [3.05, 3.63) is 36.2 Å². The quantitative estimate of drug-likeness (QED) is 0.488. The monoisotopic (exact) mass is 451 g/mol. The van der Waals surface area contributed by atoms with E-state index in [4.69, 9.17) is 9.90 Å². The van der Waals surface area contributed by atoms with Gasteiger partial charge in [-0.05, 0) is 24.6 Å². The number of nitrogens with one attached hydrogen (secondary N) is 3. The molecule has 11 nitrogen and oxygen atoms in total. The molecule has 1 saturated heterocycles. The lowest BCUT2D eigenvalue weighted by molar-refractivity contribution is -0.134. The molecular formula is C19H25N5O6S. The van der Waals surface area contributed by atoms with Gasteiger partial charge in [0.2, 0.25) is 5.91 Å². The number of carbonyl (C=O) groups is 3. The Labute approximate surface area is 179 Å². The van der Waals surface area contributed by atoms with Gasteiger partial charge in [0, 0.05) is 19.5 Å². The fourth-order valence-corrected chi connectivity index (χ4v) is 4.83. The maximum Gasteiger partial charge on any atom is 0.300 e. The van der Waals surface area contributed by atoms with Crippen LogP contribution in [0.5, 0.6) is 0 Å². The van der Waals surface area contributed by atoms with E-state index in [0.717, 1.165) is 6.92 Å². The number of aromatic nitrogens is 3. The second kappa shape index (κ2) is 10.7. The third-order valence-electron chi connectivity index (χ3n) is 4.24. The summed E-state index contributed by atoms with van der Waals surface area (Å²) in [5.74, 6) is -1.94. The van der Waals surface area contributed by atoms with Gasteiger partial charge in [0.05, 0.1) is 29.3 Å². The van der Waals surface area contributed by atoms with Crippen LogP contribution in [0.15, 0.2) is 30.5 Å². The first kappa shape index (κ1) is 24.0. The van der Waals surface area contributed by atoms with E-state index in [-0.39, 0.29) is 23.1 Å². The van der Waals surface area contributed by atoms with Gasteiger partial charge in [0.25, 0.3) is 11.9 Å². The first-order valence-corrected chi connectivity index (χ1v) is 11.4. The highest BCUT2D eigenvalue weighted by Crippen LogP contribution is 2.16. The van der Waals surface area contributed by atoms with E-state index >= 15 is 0 Å². The van der Waals surface area contributed by atoms with Crippen LogP contribution >= 0.6 is 0 Å². The average Bonchev–Trinajstić information content (AvgIpc) is 3.27. The lowest BCUT2D eigenvalue weighted by Crippen LogP contribution is -2.51. The highest BCUT2D eigenvalue weighted by atomic mass is 32.2. The lowest BCUT2D eigenvalue weighted by atomic mass is 10.1. The van der Waals surface area contributed by atoms with Crippen LogP contribution in [0.3, 0.4) is 0 Å². The number of carboxylic acids is 1. The molecule has 0 spiro atoms. The predicted molar refractivity (Wildman–Crippen MR) is 112 cm³/mol. The minimum Gasteiger partial charge on any atom is -0.481 e. The first-order valence-electron chi connectivity index (χ1n) is 9.58. The zero-order chi connectivity index (χ0) is 23.0. The Hall–Kier alpha value is -3.28. The molecule has 3 heterocycles. The highest BCUT2D eigenvalue weighted by molar-refractivity contribution is 7.91. The number of aromatic amines is 1. The number of carbonyl (C=O) groups excluding carboxylic acids is 2. The first-order chi connectivity index (χ1) is 14.6. The zero-order valence-corrected chi connectivity index (χ0v) is 18.0. The molecule has 0 saturated carbocycles. The number of sulfone groups is 1. The SMILES string of the molecule is CC(=O)O.CCCC(=O)N[C@@H]1CS(=O)(=O)C[C@H]1NC(=O)c1cc(-c2ccccn2)n[nH]1. The minimum absolute atomic E-state index is 0.185. The maximum absolute atomic E-state index is 12.5. The summed E-state index contributed by atoms with van der Waals surface area (Å²) in [4.78, 5) is 37.5. The Morgan fingerprint density at radius 2 is 1.81 bits per heavy atom. The topological polar surface area (TPSA) is 171 Å². The number of aliphatic carboxylic acids is 1. The molecule has 0 radical (unpaired) electrons. The van der Waals surface area contributed by atoms with Gasteiger partial charge in [-0.1, -0.05) is 13.0 Å². The van der Waals surface area contributed by atoms with E-state index in [1.165, 1.54) is 0 Å². The van der Waals surface area contributed by atoms with Crippen molar-refractivity contribution >= 4 is 27.6 Å². The third-order valence-corrected chi connectivity index (χ3v) is 5.98. The maximum atomic E-state index is 12.5. The van der Waals surface area contributed by atoms with Gasteiger partial charge in [-0.15, -0.1) is 0 Å². The molecule has 0 aromatic carbocycles. The van der Waals surface area contributed by atoms with Gasteiger partial charge in [-0.2, -0.15) is 5.10 Å². The Kier molecular flexibility index (Phi) is 8.25. The summed E-state index contributed by atoms with van der Waals surface area (Å²) in [7, 11) is -3.34. The molecule has 2 atom stereocenters. The van der Waals surface area contributed by atoms with E-state index in [9.17, 15) is 18.0 Å². The lowest BCUT2D eigenvalue weighted by Gasteiger charge is -2.20. The Morgan fingerprint density at radius 1 is 1.16 bits per heavy atom. The van der Waals surface area contributed by atoms with Crippen molar-refractivity contribution in [2.45, 2.75) is 38.8 Å². The van der Waals surface area contributed by atoms with E-state index in [1.54, 1.807) is 24.4 Å². The van der Waals surface area contributed by atoms with Crippen molar-refractivity contribution in [1.29, 1.82) is 0 Å². The van der Waals surface area contributed by atoms with Crippen LogP contribution in [0, 0.1) is 0 Å². The van der Waals surface area contributed by atoms with Crippen LogP contribution < -0.4 is 10.6 Å². The van der Waals surface area contributed by atoms with Gasteiger partial charge < -0.3 is 15.7 Å². The van der Waals surface area contributed by atoms with Crippen molar-refractivity contribution in [2.24, 2.45) is 0 Å². The van der Waals surface area contributed by atoms with Crippen LogP contribution in [0.1, 0.15) is 37.2 Å². The van der Waals surface area contributed by atoms with Gasteiger partial charge in [-0.25, -0.2) is 8.42 Å². The van der Waals surface area contributed by atoms with Gasteiger partial charge >= 0.3 is 0 Å². The number of hydrogen-bond acceptors (Lipinski definition) is 7. The summed E-state index contributed by atoms with van der Waals surface area (Å²) in [6.45, 7) is 2.95. The van der Waals surface area contributed by atoms with Crippen LogP contribution in [0.2, 0.25) is 0 Å². The molecule has 31 heavy (non-hydrogen) atoms. The highest BCUT2D eigenvalue weighted by Gasteiger charge is 2.39. The van der Waals surface area contributed by atoms with E-state index < -0.39 is 33.8 Å². The van der Waals surface area contributed by atoms with E-state index in [2.05, 4.69) is 25.8 Å². The molecule has 1 aliphatic heterocycles. The predicted octanol–water partition coefficient (Wildman–Crippen LogP) is 0.374. The molecule has 4 N–H and O–H groups in total. The molecule has 0 unspecified atom stereocenters. The van der Waals surface area contributed by atoms with Gasteiger partial charge in [0.15, 0.2) is 9.84 Å². The van der Waals surface area contributed by atoms with Crippen LogP contribution in [-0.2, 0) is 19.4 Å². The number of carboxylic acid groups (broad SMARTS) is 1. The molecule has 168 valence electrons. The molecule has 2 amide bonds. The van der Waals surface area contributed by atoms with Crippen molar-refractivity contribution in [1.82, 2.24) is 25.8 Å². The molecular weight excluding hydrogens is 426 g/mol. The minimum atomic E-state index is -3.34. The van der Waals surface area contributed by atoms with Crippen LogP contribution in [0.25, 0.3) is 11.4 Å². The second-order valence-corrected chi connectivity index (χ2v) is 9.14. The normalized spacial score (nSPS) is 19.0. The van der Waals surface area contributed by atoms with Crippen molar-refractivity contribution < 1.29 is 27.9 Å². The van der Waals surface area contributed by atoms with E-state index in [0.29, 0.717) is 24.2 Å². The van der Waals surface area contributed by atoms with E-state index in [1.807, 2.05) is 13.0 Å². The zero-order valence-electron chi connectivity index (χ0n) is 17.2. The number of nitrogens with zero attached hydrogens (tertiary/aromatic N) is 2. The Morgan fingerprint density at radius 3 is 2.39 bits per heavy atom. The number of H-pyrrole nitrogens is 1. The summed E-state index contributed by atoms with van der Waals surface area (Å²) in [6, 6.07) is 5.56. The largest absolute Gasteiger partial charge is 0.481 e. The van der Waals surface area contributed by atoms with Gasteiger partial charge in [-0.3, -0.25) is 24.5 Å². The molecule has 1 aliphatic rings. The summed E-state index contributed by atoms with van der Waals surface area (Å²) in [5.41, 5.74) is 1.31. The fourth-order valence-electron chi connectivity index (χ4n) is 2.97. The van der Waals surface area contributed by atoms with Crippen LogP contribution in [0.4, 0.5) is 0 Å². The molecule has 0 aliphatic carbocycles. The van der Waals surface area contributed by atoms with Crippen LogP contribution in [-0.4, -0.2) is 70.1 Å². The molecule has 2 aromatic heterocycles. The number of pyridine rings is 1. The summed E-state index contributed by atoms with van der Waals surface area (Å²) < 4.78 is 23.9. The summed E-state index contributed by atoms with van der Waals surface area (Å²) in [6.07, 6.45) is 2.59. The Bertz CT molecular complexity index is 1020. The average molecular weight is 452 g/mol.